The van der Waals surface area contributed by atoms with E-state index in [0.717, 1.165) is 41.5 Å². The minimum atomic E-state index is -4.52. The van der Waals surface area contributed by atoms with E-state index in [0.29, 0.717) is 163 Å². The van der Waals surface area contributed by atoms with Crippen molar-refractivity contribution in [3.8, 4) is 0 Å². The largest absolute Gasteiger partial charge is 0.382 e. The highest BCUT2D eigenvalue weighted by molar-refractivity contribution is 7.85. The Labute approximate surface area is 424 Å². The lowest BCUT2D eigenvalue weighted by Crippen LogP contribution is -2.36. The van der Waals surface area contributed by atoms with Gasteiger partial charge in [-0.1, -0.05) is 31.5 Å². The fourth-order valence-electron chi connectivity index (χ4n) is 6.98. The highest BCUT2D eigenvalue weighted by Crippen LogP contribution is 2.29. The molecule has 3 aromatic rings. The number of ether oxygens (including phenoxy) is 11. The van der Waals surface area contributed by atoms with Gasteiger partial charge in [-0.15, -0.1) is 0 Å². The van der Waals surface area contributed by atoms with Gasteiger partial charge in [0.1, 0.15) is 22.9 Å². The summed E-state index contributed by atoms with van der Waals surface area (Å²) in [5.41, 5.74) is 8.70. The smallest absolute Gasteiger partial charge is 0.265 e. The van der Waals surface area contributed by atoms with Crippen molar-refractivity contribution in [2.45, 2.75) is 71.8 Å². The number of aryl methyl sites for hydroxylation is 2. The average Bonchev–Trinajstić information content (AvgIpc) is 3.72. The second kappa shape index (κ2) is 39.6. The summed E-state index contributed by atoms with van der Waals surface area (Å²) in [6.45, 7) is 13.5. The highest BCUT2D eigenvalue weighted by atomic mass is 32.2. The molecular formula is C49H81N5O17S. The summed E-state index contributed by atoms with van der Waals surface area (Å²) in [5.74, 6) is -1.66. The summed E-state index contributed by atoms with van der Waals surface area (Å²) < 4.78 is 95.2. The molecule has 0 spiro atoms. The maximum absolute atomic E-state index is 13.0. The standard InChI is InChI=1S/C49H81N5O17S/c1-3-4-11-45-53-46-47(43-9-5-6-10-44(43)52-48(46)50)54(45)15-8-7-14-51-49(57)41(39-72(58,59)60)38-42(56)13-17-62-19-21-64-23-25-66-27-29-68-31-33-70-35-37-71-36-34-69-32-30-67-28-26-65-24-22-63-20-18-61-16-12-40(2)55/h5-6,9-10,41H,3-4,7-8,11-39H2,1-2H3,(H2,50,52)(H,51,57)(H,58,59,60)/t41-/m0/s1. The molecule has 23 heteroatoms. The molecule has 410 valence electrons. The Morgan fingerprint density at radius 1 is 0.639 bits per heavy atom. The molecule has 3 rings (SSSR count). The van der Waals surface area contributed by atoms with Gasteiger partial charge >= 0.3 is 0 Å². The average molecular weight is 1040 g/mol. The zero-order chi connectivity index (χ0) is 51.9. The SMILES string of the molecule is CCCCc1nc2c(N)nc3ccccc3c2n1CCCCNC(=O)[C@@H](CC(=O)CCOCCOCCOCCOCCOCCOCCOCCOCCOCCOCCOCCC(C)=O)CS(=O)(=O)O. The van der Waals surface area contributed by atoms with E-state index < -0.39 is 27.7 Å². The summed E-state index contributed by atoms with van der Waals surface area (Å²) in [5, 5.41) is 3.71. The molecule has 0 fully saturated rings. The predicted octanol–water partition coefficient (Wildman–Crippen LogP) is 3.42. The van der Waals surface area contributed by atoms with E-state index in [-0.39, 0.29) is 50.8 Å². The molecule has 1 amide bonds. The molecular weight excluding hydrogens is 963 g/mol. The van der Waals surface area contributed by atoms with Crippen molar-refractivity contribution >= 4 is 55.3 Å². The van der Waals surface area contributed by atoms with Gasteiger partial charge in [0, 0.05) is 44.2 Å². The molecule has 0 aliphatic rings. The number of aromatic nitrogens is 3. The van der Waals surface area contributed by atoms with Gasteiger partial charge in [0.15, 0.2) is 5.82 Å². The van der Waals surface area contributed by atoms with Gasteiger partial charge in [-0.3, -0.25) is 18.9 Å². The van der Waals surface area contributed by atoms with E-state index in [9.17, 15) is 27.4 Å². The molecule has 0 saturated carbocycles. The number of benzene rings is 1. The number of nitrogens with two attached hydrogens (primary N) is 1. The minimum Gasteiger partial charge on any atom is -0.382 e. The van der Waals surface area contributed by atoms with Crippen molar-refractivity contribution in [2.24, 2.45) is 5.92 Å². The van der Waals surface area contributed by atoms with Crippen LogP contribution in [0.2, 0.25) is 0 Å². The number of nitrogens with zero attached hydrogens (tertiary/aromatic N) is 3. The monoisotopic (exact) mass is 1040 g/mol. The van der Waals surface area contributed by atoms with Crippen LogP contribution in [0, 0.1) is 5.92 Å². The van der Waals surface area contributed by atoms with Crippen LogP contribution in [0.4, 0.5) is 5.82 Å². The third-order valence-electron chi connectivity index (χ3n) is 10.7. The fraction of sp³-hybridized carbons (Fsp3) is 0.735. The molecule has 2 aromatic heterocycles. The minimum absolute atomic E-state index is 0.0281. The van der Waals surface area contributed by atoms with Crippen molar-refractivity contribution < 1.29 is 79.5 Å². The molecule has 72 heavy (non-hydrogen) atoms. The number of para-hydroxylation sites is 1. The molecule has 0 bridgehead atoms. The Bertz CT molecular complexity index is 2040. The Morgan fingerprint density at radius 3 is 1.53 bits per heavy atom. The third kappa shape index (κ3) is 29.2. The number of Topliss-reactive ketones (excluding diaryl/α,β-unsaturated/α-hetero) is 2. The van der Waals surface area contributed by atoms with Crippen LogP contribution in [0.1, 0.15) is 64.6 Å². The van der Waals surface area contributed by atoms with Crippen LogP contribution in [-0.4, -0.2) is 203 Å². The third-order valence-corrected chi connectivity index (χ3v) is 11.5. The number of carbonyl (C=O) groups excluding carboxylic acids is 3. The zero-order valence-corrected chi connectivity index (χ0v) is 43.3. The second-order valence-corrected chi connectivity index (χ2v) is 18.1. The van der Waals surface area contributed by atoms with Gasteiger partial charge < -0.3 is 67.7 Å². The first-order chi connectivity index (χ1) is 35.0. The van der Waals surface area contributed by atoms with Crippen molar-refractivity contribution in [1.82, 2.24) is 19.9 Å². The quantitative estimate of drug-likeness (QED) is 0.0540. The van der Waals surface area contributed by atoms with Crippen LogP contribution in [0.3, 0.4) is 0 Å². The summed E-state index contributed by atoms with van der Waals surface area (Å²) in [7, 11) is -4.52. The molecule has 4 N–H and O–H groups in total. The zero-order valence-electron chi connectivity index (χ0n) is 42.5. The Kier molecular flexibility index (Phi) is 34.4. The summed E-state index contributed by atoms with van der Waals surface area (Å²) in [6.07, 6.45) is 4.06. The first-order valence-corrected chi connectivity index (χ1v) is 26.7. The molecule has 0 unspecified atom stereocenters. The Balaban J connectivity index is 1.09. The number of amides is 1. The van der Waals surface area contributed by atoms with Crippen molar-refractivity contribution in [2.75, 3.05) is 163 Å². The lowest BCUT2D eigenvalue weighted by Gasteiger charge is -2.15. The van der Waals surface area contributed by atoms with Crippen LogP contribution in [-0.2, 0) is 89.6 Å². The van der Waals surface area contributed by atoms with E-state index in [2.05, 4.69) is 21.8 Å². The fourth-order valence-corrected chi connectivity index (χ4v) is 7.76. The van der Waals surface area contributed by atoms with Gasteiger partial charge in [0.05, 0.1) is 168 Å². The van der Waals surface area contributed by atoms with Crippen LogP contribution in [0.5, 0.6) is 0 Å². The van der Waals surface area contributed by atoms with E-state index in [1.165, 1.54) is 6.92 Å². The number of ketones is 2. The normalized spacial score (nSPS) is 12.3. The van der Waals surface area contributed by atoms with Gasteiger partial charge in [0.25, 0.3) is 10.1 Å². The number of nitrogens with one attached hydrogen (secondary N) is 1. The maximum Gasteiger partial charge on any atom is 0.265 e. The lowest BCUT2D eigenvalue weighted by atomic mass is 10.0. The number of rotatable bonds is 49. The number of fused-ring (bicyclic) bond motifs is 3. The number of hydrogen-bond donors (Lipinski definition) is 3. The molecule has 22 nitrogen and oxygen atoms in total. The Morgan fingerprint density at radius 2 is 1.08 bits per heavy atom. The second-order valence-electron chi connectivity index (χ2n) is 16.6. The van der Waals surface area contributed by atoms with Crippen LogP contribution >= 0.6 is 0 Å². The molecule has 1 aromatic carbocycles. The number of anilines is 1. The number of pyridine rings is 1. The maximum atomic E-state index is 13.0. The summed E-state index contributed by atoms with van der Waals surface area (Å²) >= 11 is 0. The Hall–Kier alpha value is -3.82. The number of unbranched alkanes of at least 4 members (excludes halogenated alkanes) is 2. The van der Waals surface area contributed by atoms with Gasteiger partial charge in [-0.25, -0.2) is 9.97 Å². The number of carbonyl (C=O) groups is 3. The predicted molar refractivity (Wildman–Crippen MR) is 269 cm³/mol. The van der Waals surface area contributed by atoms with Gasteiger partial charge in [-0.05, 0) is 32.3 Å². The van der Waals surface area contributed by atoms with Gasteiger partial charge in [0.2, 0.25) is 5.91 Å². The molecule has 0 aliphatic heterocycles. The van der Waals surface area contributed by atoms with Crippen molar-refractivity contribution in [1.29, 1.82) is 0 Å². The van der Waals surface area contributed by atoms with Crippen molar-refractivity contribution in [3.63, 3.8) is 0 Å². The van der Waals surface area contributed by atoms with E-state index in [4.69, 9.17) is 62.8 Å². The first kappa shape index (κ1) is 62.5. The summed E-state index contributed by atoms with van der Waals surface area (Å²) in [4.78, 5) is 46.0. The topological polar surface area (TPSA) is 276 Å². The van der Waals surface area contributed by atoms with Crippen LogP contribution in [0.15, 0.2) is 24.3 Å². The van der Waals surface area contributed by atoms with E-state index in [1.54, 1.807) is 0 Å². The van der Waals surface area contributed by atoms with E-state index in [1.807, 2.05) is 24.3 Å². The van der Waals surface area contributed by atoms with Crippen molar-refractivity contribution in [3.05, 3.63) is 30.1 Å². The van der Waals surface area contributed by atoms with Crippen LogP contribution < -0.4 is 11.1 Å². The summed E-state index contributed by atoms with van der Waals surface area (Å²) in [6, 6.07) is 7.79. The van der Waals surface area contributed by atoms with Crippen LogP contribution in [0.25, 0.3) is 21.9 Å². The number of imidazole rings is 1. The number of nitrogen functional groups attached to an aromatic ring is 1. The lowest BCUT2D eigenvalue weighted by molar-refractivity contribution is -0.129. The molecule has 1 atom stereocenters. The van der Waals surface area contributed by atoms with Gasteiger partial charge in [-0.2, -0.15) is 8.42 Å². The molecule has 0 aliphatic carbocycles. The first-order valence-electron chi connectivity index (χ1n) is 25.1. The molecule has 0 saturated heterocycles. The molecule has 2 heterocycles. The highest BCUT2D eigenvalue weighted by Gasteiger charge is 2.27. The van der Waals surface area contributed by atoms with E-state index >= 15 is 0 Å². The number of hydrogen-bond acceptors (Lipinski definition) is 19. The molecule has 0 radical (unpaired) electrons.